The van der Waals surface area contributed by atoms with E-state index in [1.165, 1.54) is 0 Å². The van der Waals surface area contributed by atoms with Crippen LogP contribution in [0.15, 0.2) is 90.2 Å². The van der Waals surface area contributed by atoms with E-state index >= 15 is 0 Å². The van der Waals surface area contributed by atoms with Crippen molar-refractivity contribution in [1.82, 2.24) is 4.98 Å². The quantitative estimate of drug-likeness (QED) is 0.330. The molecule has 4 nitrogen and oxygen atoms in total. The Morgan fingerprint density at radius 1 is 0.964 bits per heavy atom. The van der Waals surface area contributed by atoms with Gasteiger partial charge < -0.3 is 4.74 Å². The van der Waals surface area contributed by atoms with Crippen LogP contribution in [-0.4, -0.2) is 11.2 Å². The number of aromatic nitrogens is 1. The molecular weight excluding hydrogens is 370 g/mol. The molecule has 0 atom stereocenters. The molecule has 0 saturated carbocycles. The third-order valence-electron chi connectivity index (χ3n) is 4.23. The second-order valence-corrected chi connectivity index (χ2v) is 6.67. The number of ether oxygens (including phenoxy) is 1. The van der Waals surface area contributed by atoms with Gasteiger partial charge in [0.2, 0.25) is 0 Å². The van der Waals surface area contributed by atoms with Crippen LogP contribution in [0, 0.1) is 0 Å². The maximum Gasteiger partial charge on any atom is 0.119 e. The van der Waals surface area contributed by atoms with Gasteiger partial charge >= 0.3 is 0 Å². The lowest BCUT2D eigenvalue weighted by molar-refractivity contribution is 0.306. The highest BCUT2D eigenvalue weighted by atomic mass is 35.5. The zero-order valence-corrected chi connectivity index (χ0v) is 15.8. The van der Waals surface area contributed by atoms with E-state index in [1.54, 1.807) is 12.4 Å². The first-order valence-electron chi connectivity index (χ1n) is 8.88. The predicted molar refractivity (Wildman–Crippen MR) is 115 cm³/mol. The summed E-state index contributed by atoms with van der Waals surface area (Å²) in [6.45, 7) is 0.551. The van der Waals surface area contributed by atoms with Crippen LogP contribution in [0.4, 0.5) is 5.69 Å². The first-order chi connectivity index (χ1) is 13.8. The van der Waals surface area contributed by atoms with Gasteiger partial charge in [-0.05, 0) is 59.7 Å². The Bertz CT molecular complexity index is 1100. The lowest BCUT2D eigenvalue weighted by Crippen LogP contribution is -1.95. The minimum Gasteiger partial charge on any atom is -0.489 e. The maximum atomic E-state index is 6.03. The van der Waals surface area contributed by atoms with Gasteiger partial charge in [-0.2, -0.15) is 5.10 Å². The van der Waals surface area contributed by atoms with Crippen molar-refractivity contribution < 1.29 is 4.74 Å². The van der Waals surface area contributed by atoms with Gasteiger partial charge in [-0.1, -0.05) is 41.9 Å². The van der Waals surface area contributed by atoms with Gasteiger partial charge in [0.1, 0.15) is 12.4 Å². The van der Waals surface area contributed by atoms with Crippen molar-refractivity contribution in [3.05, 3.63) is 101 Å². The Labute approximate surface area is 168 Å². The molecule has 1 N–H and O–H groups in total. The van der Waals surface area contributed by atoms with Crippen LogP contribution in [-0.2, 0) is 6.61 Å². The molecular formula is C23H18ClN3O. The molecule has 0 fully saturated rings. The number of nitrogens with zero attached hydrogens (tertiary/aromatic N) is 2. The van der Waals surface area contributed by atoms with Gasteiger partial charge in [-0.25, -0.2) is 0 Å². The van der Waals surface area contributed by atoms with Crippen molar-refractivity contribution in [1.29, 1.82) is 0 Å². The van der Waals surface area contributed by atoms with Gasteiger partial charge in [0.25, 0.3) is 0 Å². The minimum absolute atomic E-state index is 0.551. The largest absolute Gasteiger partial charge is 0.489 e. The van der Waals surface area contributed by atoms with Gasteiger partial charge in [0.15, 0.2) is 0 Å². The van der Waals surface area contributed by atoms with E-state index in [9.17, 15) is 0 Å². The number of fused-ring (bicyclic) bond motifs is 1. The van der Waals surface area contributed by atoms with Crippen LogP contribution < -0.4 is 10.2 Å². The highest BCUT2D eigenvalue weighted by molar-refractivity contribution is 6.31. The smallest absolute Gasteiger partial charge is 0.119 e. The van der Waals surface area contributed by atoms with Crippen LogP contribution >= 0.6 is 11.6 Å². The summed E-state index contributed by atoms with van der Waals surface area (Å²) < 4.78 is 5.80. The summed E-state index contributed by atoms with van der Waals surface area (Å²) in [5.74, 6) is 0.825. The molecule has 0 spiro atoms. The number of nitrogens with one attached hydrogen (secondary N) is 1. The van der Waals surface area contributed by atoms with E-state index in [0.29, 0.717) is 11.6 Å². The SMILES string of the molecule is Clc1ccc2c(NN=Cc3ccc(OCc4ccccc4)cc3)ccnc2c1. The predicted octanol–water partition coefficient (Wildman–Crippen LogP) is 5.91. The van der Waals surface area contributed by atoms with Crippen molar-refractivity contribution in [2.75, 3.05) is 5.43 Å². The molecule has 0 aliphatic heterocycles. The van der Waals surface area contributed by atoms with E-state index in [-0.39, 0.29) is 0 Å². The molecule has 4 aromatic rings. The van der Waals surface area contributed by atoms with E-state index in [4.69, 9.17) is 16.3 Å². The Hall–Kier alpha value is -3.37. The lowest BCUT2D eigenvalue weighted by Gasteiger charge is -2.07. The zero-order chi connectivity index (χ0) is 19.2. The Morgan fingerprint density at radius 3 is 2.61 bits per heavy atom. The van der Waals surface area contributed by atoms with Gasteiger partial charge in [-0.3, -0.25) is 10.4 Å². The fourth-order valence-electron chi connectivity index (χ4n) is 2.79. The topological polar surface area (TPSA) is 46.5 Å². The second-order valence-electron chi connectivity index (χ2n) is 6.23. The standard InChI is InChI=1S/C23H18ClN3O/c24-19-8-11-21-22(12-13-25-23(21)14-19)27-26-15-17-6-9-20(10-7-17)28-16-18-4-2-1-3-5-18/h1-15H,16H2,(H,25,27). The number of hydrazone groups is 1. The van der Waals surface area contributed by atoms with Crippen molar-refractivity contribution in [2.45, 2.75) is 6.61 Å². The number of pyridine rings is 1. The third-order valence-corrected chi connectivity index (χ3v) is 4.47. The van der Waals surface area contributed by atoms with Crippen LogP contribution in [0.25, 0.3) is 10.9 Å². The molecule has 138 valence electrons. The molecule has 0 unspecified atom stereocenters. The molecule has 0 saturated heterocycles. The fourth-order valence-corrected chi connectivity index (χ4v) is 2.95. The van der Waals surface area contributed by atoms with Crippen LogP contribution in [0.5, 0.6) is 5.75 Å². The van der Waals surface area contributed by atoms with E-state index in [2.05, 4.69) is 15.5 Å². The number of hydrogen-bond acceptors (Lipinski definition) is 4. The second kappa shape index (κ2) is 8.55. The lowest BCUT2D eigenvalue weighted by atomic mass is 10.2. The number of rotatable bonds is 6. The van der Waals surface area contributed by atoms with E-state index < -0.39 is 0 Å². The third kappa shape index (κ3) is 4.48. The number of hydrogen-bond donors (Lipinski definition) is 1. The van der Waals surface area contributed by atoms with Crippen LogP contribution in [0.1, 0.15) is 11.1 Å². The molecule has 1 heterocycles. The average molecular weight is 388 g/mol. The molecule has 0 aliphatic rings. The maximum absolute atomic E-state index is 6.03. The molecule has 3 aromatic carbocycles. The van der Waals surface area contributed by atoms with Gasteiger partial charge in [0, 0.05) is 16.6 Å². The van der Waals surface area contributed by atoms with E-state index in [1.807, 2.05) is 78.9 Å². The van der Waals surface area contributed by atoms with Crippen LogP contribution in [0.2, 0.25) is 5.02 Å². The Balaban J connectivity index is 1.39. The van der Waals surface area contributed by atoms with Crippen molar-refractivity contribution in [3.8, 4) is 5.75 Å². The molecule has 0 amide bonds. The zero-order valence-electron chi connectivity index (χ0n) is 15.0. The van der Waals surface area contributed by atoms with Crippen molar-refractivity contribution in [3.63, 3.8) is 0 Å². The number of benzene rings is 3. The molecule has 1 aromatic heterocycles. The summed E-state index contributed by atoms with van der Waals surface area (Å²) in [4.78, 5) is 4.33. The average Bonchev–Trinajstić information content (AvgIpc) is 2.74. The van der Waals surface area contributed by atoms with Crippen molar-refractivity contribution >= 4 is 34.4 Å². The van der Waals surface area contributed by atoms with E-state index in [0.717, 1.165) is 33.5 Å². The Morgan fingerprint density at radius 2 is 1.79 bits per heavy atom. The number of halogens is 1. The normalized spacial score (nSPS) is 11.0. The molecule has 0 aliphatic carbocycles. The monoisotopic (exact) mass is 387 g/mol. The summed E-state index contributed by atoms with van der Waals surface area (Å²) in [6.07, 6.45) is 3.50. The first-order valence-corrected chi connectivity index (χ1v) is 9.26. The summed E-state index contributed by atoms with van der Waals surface area (Å²) in [5, 5.41) is 5.96. The summed E-state index contributed by atoms with van der Waals surface area (Å²) in [6, 6.07) is 25.4. The highest BCUT2D eigenvalue weighted by Gasteiger charge is 2.01. The molecule has 0 bridgehead atoms. The summed E-state index contributed by atoms with van der Waals surface area (Å²) in [7, 11) is 0. The number of anilines is 1. The molecule has 4 rings (SSSR count). The Kier molecular flexibility index (Phi) is 5.50. The molecule has 0 radical (unpaired) electrons. The first kappa shape index (κ1) is 18.0. The molecule has 5 heteroatoms. The molecule has 28 heavy (non-hydrogen) atoms. The minimum atomic E-state index is 0.551. The van der Waals surface area contributed by atoms with Gasteiger partial charge in [-0.15, -0.1) is 0 Å². The highest BCUT2D eigenvalue weighted by Crippen LogP contribution is 2.24. The van der Waals surface area contributed by atoms with Crippen molar-refractivity contribution in [2.24, 2.45) is 5.10 Å². The summed E-state index contributed by atoms with van der Waals surface area (Å²) >= 11 is 6.03. The van der Waals surface area contributed by atoms with Gasteiger partial charge in [0.05, 0.1) is 17.4 Å². The summed E-state index contributed by atoms with van der Waals surface area (Å²) in [5.41, 5.74) is 6.89. The van der Waals surface area contributed by atoms with Crippen LogP contribution in [0.3, 0.4) is 0 Å². The fraction of sp³-hybridized carbons (Fsp3) is 0.0435.